The highest BCUT2D eigenvalue weighted by Gasteiger charge is 2.10. The number of thioether (sulfide) groups is 1. The first kappa shape index (κ1) is 20.8. The van der Waals surface area contributed by atoms with Crippen molar-refractivity contribution < 1.29 is 8.91 Å². The predicted octanol–water partition coefficient (Wildman–Crippen LogP) is 3.04. The van der Waals surface area contributed by atoms with Crippen molar-refractivity contribution in [2.24, 2.45) is 4.99 Å². The van der Waals surface area contributed by atoms with Gasteiger partial charge in [0.05, 0.1) is 0 Å². The molecule has 0 unspecified atom stereocenters. The van der Waals surface area contributed by atoms with Crippen LogP contribution in [0.2, 0.25) is 0 Å². The molecule has 2 heterocycles. The highest BCUT2D eigenvalue weighted by molar-refractivity contribution is 7.97. The Morgan fingerprint density at radius 1 is 1.21 bits per heavy atom. The molecular weight excluding hydrogens is 391 g/mol. The van der Waals surface area contributed by atoms with Gasteiger partial charge in [0.25, 0.3) is 5.89 Å². The molecule has 0 aliphatic carbocycles. The molecule has 0 saturated heterocycles. The second-order valence-corrected chi connectivity index (χ2v) is 7.05. The van der Waals surface area contributed by atoms with Gasteiger partial charge in [-0.2, -0.15) is 16.7 Å². The number of benzene rings is 1. The average molecular weight is 415 g/mol. The lowest BCUT2D eigenvalue weighted by molar-refractivity contribution is 0.421. The van der Waals surface area contributed by atoms with E-state index in [0.29, 0.717) is 42.9 Å². The molecule has 3 rings (SSSR count). The minimum absolute atomic E-state index is 0.217. The number of nitrogens with one attached hydrogen (secondary N) is 2. The summed E-state index contributed by atoms with van der Waals surface area (Å²) >= 11 is 1.66. The van der Waals surface area contributed by atoms with Crippen LogP contribution in [0.4, 0.5) is 4.39 Å². The van der Waals surface area contributed by atoms with Crippen molar-refractivity contribution in [1.29, 1.82) is 0 Å². The highest BCUT2D eigenvalue weighted by Crippen LogP contribution is 2.16. The monoisotopic (exact) mass is 414 g/mol. The topological polar surface area (TPSA) is 88.2 Å². The molecule has 0 aliphatic heterocycles. The molecule has 0 fully saturated rings. The number of rotatable bonds is 8. The Morgan fingerprint density at radius 3 is 2.86 bits per heavy atom. The molecule has 29 heavy (non-hydrogen) atoms. The van der Waals surface area contributed by atoms with Gasteiger partial charge < -0.3 is 15.2 Å². The Labute approximate surface area is 173 Å². The maximum Gasteiger partial charge on any atom is 0.276 e. The van der Waals surface area contributed by atoms with Gasteiger partial charge in [-0.05, 0) is 41.6 Å². The van der Waals surface area contributed by atoms with E-state index in [9.17, 15) is 4.39 Å². The van der Waals surface area contributed by atoms with E-state index in [-0.39, 0.29) is 5.82 Å². The molecule has 0 atom stereocenters. The zero-order chi connectivity index (χ0) is 20.5. The average Bonchev–Trinajstić information content (AvgIpc) is 3.21. The summed E-state index contributed by atoms with van der Waals surface area (Å²) in [4.78, 5) is 12.8. The zero-order valence-electron chi connectivity index (χ0n) is 16.4. The van der Waals surface area contributed by atoms with Gasteiger partial charge in [0.1, 0.15) is 11.5 Å². The van der Waals surface area contributed by atoms with Crippen molar-refractivity contribution in [2.45, 2.75) is 18.7 Å². The fourth-order valence-electron chi connectivity index (χ4n) is 2.70. The Morgan fingerprint density at radius 2 is 2.10 bits per heavy atom. The minimum atomic E-state index is -0.217. The quantitative estimate of drug-likeness (QED) is 0.433. The van der Waals surface area contributed by atoms with Crippen LogP contribution in [0.15, 0.2) is 52.1 Å². The lowest BCUT2D eigenvalue weighted by Gasteiger charge is -2.13. The van der Waals surface area contributed by atoms with Gasteiger partial charge in [-0.3, -0.25) is 9.98 Å². The molecule has 0 bridgehead atoms. The lowest BCUT2D eigenvalue weighted by atomic mass is 10.1. The SMILES string of the molecule is CN=C(NCCc1noc(-c2ccccn2)n1)NCc1ccc(F)cc1CSC. The normalized spacial score (nSPS) is 11.5. The van der Waals surface area contributed by atoms with Gasteiger partial charge in [-0.1, -0.05) is 17.3 Å². The molecule has 9 heteroatoms. The van der Waals surface area contributed by atoms with E-state index in [0.717, 1.165) is 16.9 Å². The Kier molecular flexibility index (Phi) is 7.57. The molecule has 0 amide bonds. The van der Waals surface area contributed by atoms with Crippen LogP contribution in [0, 0.1) is 5.82 Å². The first-order valence-electron chi connectivity index (χ1n) is 9.14. The van der Waals surface area contributed by atoms with Gasteiger partial charge in [-0.25, -0.2) is 4.39 Å². The van der Waals surface area contributed by atoms with Gasteiger partial charge in [-0.15, -0.1) is 0 Å². The van der Waals surface area contributed by atoms with Gasteiger partial charge in [0.15, 0.2) is 11.8 Å². The van der Waals surface area contributed by atoms with E-state index in [1.165, 1.54) is 6.07 Å². The summed E-state index contributed by atoms with van der Waals surface area (Å²) in [5.74, 6) is 2.19. The fourth-order valence-corrected chi connectivity index (χ4v) is 3.28. The van der Waals surface area contributed by atoms with Crippen molar-refractivity contribution in [3.05, 3.63) is 65.4 Å². The van der Waals surface area contributed by atoms with Crippen LogP contribution < -0.4 is 10.6 Å². The number of aliphatic imine (C=N–C) groups is 1. The van der Waals surface area contributed by atoms with E-state index >= 15 is 0 Å². The summed E-state index contributed by atoms with van der Waals surface area (Å²) in [6.45, 7) is 1.14. The van der Waals surface area contributed by atoms with E-state index in [1.807, 2.05) is 24.5 Å². The molecule has 0 spiro atoms. The third-order valence-electron chi connectivity index (χ3n) is 4.13. The lowest BCUT2D eigenvalue weighted by Crippen LogP contribution is -2.38. The molecule has 0 saturated carbocycles. The van der Waals surface area contributed by atoms with E-state index in [1.54, 1.807) is 37.1 Å². The third kappa shape index (κ3) is 6.02. The smallest absolute Gasteiger partial charge is 0.276 e. The van der Waals surface area contributed by atoms with Crippen molar-refractivity contribution in [2.75, 3.05) is 19.8 Å². The first-order chi connectivity index (χ1) is 14.2. The summed E-state index contributed by atoms with van der Waals surface area (Å²) in [6.07, 6.45) is 4.26. The molecular formula is C20H23FN6OS. The molecule has 0 radical (unpaired) electrons. The van der Waals surface area contributed by atoms with Crippen molar-refractivity contribution in [3.8, 4) is 11.6 Å². The number of hydrogen-bond acceptors (Lipinski definition) is 6. The number of hydrogen-bond donors (Lipinski definition) is 2. The first-order valence-corrected chi connectivity index (χ1v) is 10.5. The van der Waals surface area contributed by atoms with E-state index in [2.05, 4.69) is 30.8 Å². The number of pyridine rings is 1. The number of halogens is 1. The Hall–Kier alpha value is -2.94. The fraction of sp³-hybridized carbons (Fsp3) is 0.300. The molecule has 3 aromatic rings. The van der Waals surface area contributed by atoms with Crippen LogP contribution in [0.5, 0.6) is 0 Å². The number of guanidine groups is 1. The van der Waals surface area contributed by atoms with E-state index in [4.69, 9.17) is 4.52 Å². The minimum Gasteiger partial charge on any atom is -0.356 e. The number of nitrogens with zero attached hydrogens (tertiary/aromatic N) is 4. The molecule has 2 aromatic heterocycles. The maximum atomic E-state index is 13.5. The number of aromatic nitrogens is 3. The van der Waals surface area contributed by atoms with Gasteiger partial charge in [0.2, 0.25) is 0 Å². The van der Waals surface area contributed by atoms with Crippen LogP contribution in [0.25, 0.3) is 11.6 Å². The van der Waals surface area contributed by atoms with Crippen molar-refractivity contribution in [3.63, 3.8) is 0 Å². The van der Waals surface area contributed by atoms with Crippen molar-refractivity contribution in [1.82, 2.24) is 25.8 Å². The summed E-state index contributed by atoms with van der Waals surface area (Å²) in [5.41, 5.74) is 2.67. The Balaban J connectivity index is 1.50. The summed E-state index contributed by atoms with van der Waals surface area (Å²) < 4.78 is 18.7. The standard InChI is InChI=1S/C20H23FN6OS/c1-22-20(25-12-14-6-7-16(21)11-15(14)13-29-2)24-10-8-18-26-19(28-27-18)17-5-3-4-9-23-17/h3-7,9,11H,8,10,12-13H2,1-2H3,(H2,22,24,25). The zero-order valence-corrected chi connectivity index (χ0v) is 17.2. The summed E-state index contributed by atoms with van der Waals surface area (Å²) in [5, 5.41) is 10.5. The highest BCUT2D eigenvalue weighted by atomic mass is 32.2. The summed E-state index contributed by atoms with van der Waals surface area (Å²) in [7, 11) is 1.70. The molecule has 152 valence electrons. The van der Waals surface area contributed by atoms with Crippen LogP contribution in [-0.2, 0) is 18.7 Å². The second-order valence-electron chi connectivity index (χ2n) is 6.18. The second kappa shape index (κ2) is 10.6. The van der Waals surface area contributed by atoms with Gasteiger partial charge in [0, 0.05) is 38.5 Å². The van der Waals surface area contributed by atoms with E-state index < -0.39 is 0 Å². The van der Waals surface area contributed by atoms with Crippen LogP contribution in [-0.4, -0.2) is 40.9 Å². The predicted molar refractivity (Wildman–Crippen MR) is 113 cm³/mol. The van der Waals surface area contributed by atoms with Crippen molar-refractivity contribution >= 4 is 17.7 Å². The Bertz CT molecular complexity index is 947. The van der Waals surface area contributed by atoms with Crippen LogP contribution >= 0.6 is 11.8 Å². The molecule has 0 aliphatic rings. The van der Waals surface area contributed by atoms with Crippen LogP contribution in [0.1, 0.15) is 17.0 Å². The molecule has 1 aromatic carbocycles. The molecule has 2 N–H and O–H groups in total. The summed E-state index contributed by atoms with van der Waals surface area (Å²) in [6, 6.07) is 10.4. The van der Waals surface area contributed by atoms with Crippen LogP contribution in [0.3, 0.4) is 0 Å². The van der Waals surface area contributed by atoms with Gasteiger partial charge >= 0.3 is 0 Å². The third-order valence-corrected chi connectivity index (χ3v) is 4.73. The largest absolute Gasteiger partial charge is 0.356 e. The maximum absolute atomic E-state index is 13.5. The molecule has 7 nitrogen and oxygen atoms in total.